The molecule has 2 nitrogen and oxygen atoms in total. The highest BCUT2D eigenvalue weighted by atomic mass is 19.1. The van der Waals surface area contributed by atoms with E-state index in [1.807, 2.05) is 4.90 Å². The van der Waals surface area contributed by atoms with Crippen molar-refractivity contribution in [3.8, 4) is 0 Å². The molecule has 0 radical (unpaired) electrons. The average Bonchev–Trinajstić information content (AvgIpc) is 2.77. The summed E-state index contributed by atoms with van der Waals surface area (Å²) in [6.07, 6.45) is 3.26. The van der Waals surface area contributed by atoms with E-state index >= 15 is 0 Å². The summed E-state index contributed by atoms with van der Waals surface area (Å²) < 4.78 is 27.6. The number of fused-ring (bicyclic) bond motifs is 1. The Hall–Kier alpha value is -1.16. The lowest BCUT2D eigenvalue weighted by atomic mass is 10.1. The molecule has 0 spiro atoms. The Bertz CT molecular complexity index is 402. The van der Waals surface area contributed by atoms with E-state index in [4.69, 9.17) is 0 Å². The molecule has 1 aliphatic heterocycles. The first-order valence-corrected chi connectivity index (χ1v) is 6.21. The minimum Gasteiger partial charge on any atom is -0.361 e. The number of rotatable bonds is 1. The Balaban J connectivity index is 1.97. The molecule has 0 bridgehead atoms. The van der Waals surface area contributed by atoms with Crippen LogP contribution in [0.1, 0.15) is 19.3 Å². The first-order chi connectivity index (χ1) is 8.27. The normalized spacial score (nSPS) is 28.2. The van der Waals surface area contributed by atoms with Crippen LogP contribution < -0.4 is 10.2 Å². The predicted octanol–water partition coefficient (Wildman–Crippen LogP) is 2.30. The van der Waals surface area contributed by atoms with Gasteiger partial charge in [-0.15, -0.1) is 0 Å². The quantitative estimate of drug-likeness (QED) is 0.807. The number of benzene rings is 1. The minimum absolute atomic E-state index is 0.158. The molecule has 2 atom stereocenters. The van der Waals surface area contributed by atoms with Gasteiger partial charge < -0.3 is 10.2 Å². The van der Waals surface area contributed by atoms with E-state index in [0.717, 1.165) is 25.8 Å². The van der Waals surface area contributed by atoms with Crippen molar-refractivity contribution in [2.75, 3.05) is 18.0 Å². The van der Waals surface area contributed by atoms with Gasteiger partial charge in [-0.05, 0) is 31.4 Å². The largest absolute Gasteiger partial charge is 0.361 e. The highest BCUT2D eigenvalue weighted by Gasteiger charge is 2.36. The van der Waals surface area contributed by atoms with Gasteiger partial charge in [0.05, 0.1) is 0 Å². The lowest BCUT2D eigenvalue weighted by Crippen LogP contribution is -2.56. The van der Waals surface area contributed by atoms with Crippen LogP contribution in [0.25, 0.3) is 0 Å². The fourth-order valence-electron chi connectivity index (χ4n) is 3.13. The Morgan fingerprint density at radius 3 is 2.71 bits per heavy atom. The van der Waals surface area contributed by atoms with Gasteiger partial charge >= 0.3 is 0 Å². The van der Waals surface area contributed by atoms with Gasteiger partial charge in [0.2, 0.25) is 0 Å². The minimum atomic E-state index is -0.447. The van der Waals surface area contributed by atoms with Gasteiger partial charge in [0, 0.05) is 25.2 Å². The maximum atomic E-state index is 13.8. The monoisotopic (exact) mass is 238 g/mol. The van der Waals surface area contributed by atoms with Gasteiger partial charge in [0.25, 0.3) is 0 Å². The molecule has 1 N–H and O–H groups in total. The van der Waals surface area contributed by atoms with Gasteiger partial charge in [-0.2, -0.15) is 0 Å². The summed E-state index contributed by atoms with van der Waals surface area (Å²) in [5.41, 5.74) is 0.158. The van der Waals surface area contributed by atoms with Crippen molar-refractivity contribution in [3.63, 3.8) is 0 Å². The molecule has 92 valence electrons. The summed E-state index contributed by atoms with van der Waals surface area (Å²) in [4.78, 5) is 1.92. The van der Waals surface area contributed by atoms with E-state index in [0.29, 0.717) is 12.6 Å². The highest BCUT2D eigenvalue weighted by molar-refractivity contribution is 5.51. The fraction of sp³-hybridized carbons (Fsp3) is 0.538. The molecule has 0 aromatic heterocycles. The summed E-state index contributed by atoms with van der Waals surface area (Å²) >= 11 is 0. The van der Waals surface area contributed by atoms with E-state index in [9.17, 15) is 8.78 Å². The van der Waals surface area contributed by atoms with Crippen LogP contribution in [0.5, 0.6) is 0 Å². The molecule has 2 fully saturated rings. The molecule has 3 rings (SSSR count). The zero-order chi connectivity index (χ0) is 11.8. The Kier molecular flexibility index (Phi) is 2.74. The molecular formula is C13H16F2N2. The van der Waals surface area contributed by atoms with Gasteiger partial charge in [0.15, 0.2) is 0 Å². The lowest BCUT2D eigenvalue weighted by molar-refractivity contribution is 0.395. The highest BCUT2D eigenvalue weighted by Crippen LogP contribution is 2.33. The molecule has 1 saturated carbocycles. The van der Waals surface area contributed by atoms with Crippen molar-refractivity contribution in [2.24, 2.45) is 0 Å². The molecule has 1 heterocycles. The standard InChI is InChI=1S/C13H16F2N2/c14-9-3-1-4-10(15)13(9)17-8-7-16-11-5-2-6-12(11)17/h1,3-4,11-12,16H,2,5-8H2/t11-,12-/m0/s1. The maximum absolute atomic E-state index is 13.8. The van der Waals surface area contributed by atoms with Crippen molar-refractivity contribution >= 4 is 5.69 Å². The van der Waals surface area contributed by atoms with Crippen LogP contribution >= 0.6 is 0 Å². The number of piperazine rings is 1. The summed E-state index contributed by atoms with van der Waals surface area (Å²) in [5, 5.41) is 3.43. The molecule has 0 unspecified atom stereocenters. The fourth-order valence-corrected chi connectivity index (χ4v) is 3.13. The molecule has 1 aliphatic carbocycles. The van der Waals surface area contributed by atoms with Crippen molar-refractivity contribution in [1.29, 1.82) is 0 Å². The number of hydrogen-bond acceptors (Lipinski definition) is 2. The molecule has 2 aliphatic rings. The molecule has 1 saturated heterocycles. The third kappa shape index (κ3) is 1.80. The van der Waals surface area contributed by atoms with Crippen LogP contribution in [0.15, 0.2) is 18.2 Å². The maximum Gasteiger partial charge on any atom is 0.149 e. The topological polar surface area (TPSA) is 15.3 Å². The van der Waals surface area contributed by atoms with E-state index in [2.05, 4.69) is 5.32 Å². The molecule has 4 heteroatoms. The zero-order valence-corrected chi connectivity index (χ0v) is 9.63. The first-order valence-electron chi connectivity index (χ1n) is 6.21. The number of hydrogen-bond donors (Lipinski definition) is 1. The molecule has 1 aromatic carbocycles. The number of halogens is 2. The van der Waals surface area contributed by atoms with Crippen molar-refractivity contribution in [1.82, 2.24) is 5.32 Å². The number of nitrogens with one attached hydrogen (secondary N) is 1. The van der Waals surface area contributed by atoms with Crippen LogP contribution in [-0.2, 0) is 0 Å². The van der Waals surface area contributed by atoms with Crippen LogP contribution in [0.4, 0.5) is 14.5 Å². The second kappa shape index (κ2) is 4.26. The van der Waals surface area contributed by atoms with E-state index in [1.54, 1.807) is 0 Å². The SMILES string of the molecule is Fc1cccc(F)c1N1CCN[C@H]2CCC[C@@H]21. The summed E-state index contributed by atoms with van der Waals surface area (Å²) in [5.74, 6) is -0.893. The van der Waals surface area contributed by atoms with E-state index < -0.39 is 11.6 Å². The third-order valence-corrected chi connectivity index (χ3v) is 3.86. The summed E-state index contributed by atoms with van der Waals surface area (Å²) in [6, 6.07) is 4.73. The molecule has 0 amide bonds. The first kappa shape index (κ1) is 11.0. The second-order valence-corrected chi connectivity index (χ2v) is 4.82. The van der Waals surface area contributed by atoms with Gasteiger partial charge in [-0.3, -0.25) is 0 Å². The number of anilines is 1. The van der Waals surface area contributed by atoms with Crippen LogP contribution in [0.3, 0.4) is 0 Å². The van der Waals surface area contributed by atoms with Gasteiger partial charge in [-0.25, -0.2) is 8.78 Å². The van der Waals surface area contributed by atoms with E-state index in [-0.39, 0.29) is 11.7 Å². The van der Waals surface area contributed by atoms with Crippen LogP contribution in [0.2, 0.25) is 0 Å². The van der Waals surface area contributed by atoms with Crippen molar-refractivity contribution in [3.05, 3.63) is 29.8 Å². The van der Waals surface area contributed by atoms with Crippen LogP contribution in [-0.4, -0.2) is 25.2 Å². The molecule has 17 heavy (non-hydrogen) atoms. The summed E-state index contributed by atoms with van der Waals surface area (Å²) in [7, 11) is 0. The van der Waals surface area contributed by atoms with Gasteiger partial charge in [-0.1, -0.05) is 6.07 Å². The third-order valence-electron chi connectivity index (χ3n) is 3.86. The van der Waals surface area contributed by atoms with Crippen molar-refractivity contribution < 1.29 is 8.78 Å². The Morgan fingerprint density at radius 1 is 1.18 bits per heavy atom. The zero-order valence-electron chi connectivity index (χ0n) is 9.63. The van der Waals surface area contributed by atoms with Crippen molar-refractivity contribution in [2.45, 2.75) is 31.3 Å². The van der Waals surface area contributed by atoms with E-state index in [1.165, 1.54) is 18.2 Å². The number of para-hydroxylation sites is 1. The average molecular weight is 238 g/mol. The van der Waals surface area contributed by atoms with Gasteiger partial charge in [0.1, 0.15) is 17.3 Å². The Morgan fingerprint density at radius 2 is 1.94 bits per heavy atom. The predicted molar refractivity (Wildman–Crippen MR) is 63.1 cm³/mol. The summed E-state index contributed by atoms with van der Waals surface area (Å²) in [6.45, 7) is 1.48. The molecular weight excluding hydrogens is 222 g/mol. The second-order valence-electron chi connectivity index (χ2n) is 4.82. The lowest BCUT2D eigenvalue weighted by Gasteiger charge is -2.40. The smallest absolute Gasteiger partial charge is 0.149 e. The molecule has 1 aromatic rings. The Labute approximate surface area is 99.6 Å². The number of nitrogens with zero attached hydrogens (tertiary/aromatic N) is 1. The van der Waals surface area contributed by atoms with Crippen LogP contribution in [0, 0.1) is 11.6 Å².